The van der Waals surface area contributed by atoms with Crippen molar-refractivity contribution in [3.05, 3.63) is 0 Å². The van der Waals surface area contributed by atoms with Gasteiger partial charge < -0.3 is 15.3 Å². The normalized spacial score (nSPS) is 20.0. The zero-order chi connectivity index (χ0) is 10.8. The minimum Gasteiger partial charge on any atom is -0.480 e. The second kappa shape index (κ2) is 4.18. The summed E-state index contributed by atoms with van der Waals surface area (Å²) in [6, 6.07) is 0.662. The van der Waals surface area contributed by atoms with Crippen LogP contribution < -0.4 is 5.32 Å². The molecule has 0 atom stereocenters. The number of hydrogen-bond donors (Lipinski definition) is 2. The van der Waals surface area contributed by atoms with Gasteiger partial charge in [-0.25, -0.2) is 0 Å². The quantitative estimate of drug-likeness (QED) is 0.640. The molecule has 0 aromatic rings. The molecule has 2 saturated carbocycles. The molecule has 0 bridgehead atoms. The highest BCUT2D eigenvalue weighted by Crippen LogP contribution is 2.26. The molecular weight excluding hydrogens is 196 g/mol. The molecule has 0 aliphatic heterocycles. The first-order valence-corrected chi connectivity index (χ1v) is 5.41. The van der Waals surface area contributed by atoms with Crippen LogP contribution in [0.1, 0.15) is 25.7 Å². The highest BCUT2D eigenvalue weighted by Gasteiger charge is 2.34. The average Bonchev–Trinajstić information content (AvgIpc) is 3.02. The number of hydrogen-bond acceptors (Lipinski definition) is 3. The Bertz CT molecular complexity index is 272. The summed E-state index contributed by atoms with van der Waals surface area (Å²) in [5, 5.41) is 11.8. The van der Waals surface area contributed by atoms with Gasteiger partial charge >= 0.3 is 5.97 Å². The Morgan fingerprint density at radius 1 is 1.27 bits per heavy atom. The average molecular weight is 212 g/mol. The van der Waals surface area contributed by atoms with Crippen molar-refractivity contribution < 1.29 is 14.7 Å². The molecule has 0 heterocycles. The van der Waals surface area contributed by atoms with Gasteiger partial charge in [-0.15, -0.1) is 0 Å². The molecule has 0 unspecified atom stereocenters. The lowest BCUT2D eigenvalue weighted by Gasteiger charge is -2.20. The predicted molar refractivity (Wildman–Crippen MR) is 53.4 cm³/mol. The number of carbonyl (C=O) groups excluding carboxylic acids is 1. The fourth-order valence-electron chi connectivity index (χ4n) is 1.57. The van der Waals surface area contributed by atoms with E-state index in [0.717, 1.165) is 25.7 Å². The zero-order valence-corrected chi connectivity index (χ0v) is 8.61. The predicted octanol–water partition coefficient (Wildman–Crippen LogP) is -0.186. The van der Waals surface area contributed by atoms with Gasteiger partial charge in [0.2, 0.25) is 5.91 Å². The van der Waals surface area contributed by atoms with Crippen molar-refractivity contribution in [1.82, 2.24) is 10.2 Å². The van der Waals surface area contributed by atoms with Gasteiger partial charge in [0, 0.05) is 12.1 Å². The number of amides is 1. The summed E-state index contributed by atoms with van der Waals surface area (Å²) in [5.41, 5.74) is 0. The van der Waals surface area contributed by atoms with Gasteiger partial charge in [0.25, 0.3) is 0 Å². The molecule has 2 aliphatic rings. The molecule has 15 heavy (non-hydrogen) atoms. The molecule has 0 radical (unpaired) electrons. The maximum Gasteiger partial charge on any atom is 0.323 e. The van der Waals surface area contributed by atoms with Crippen LogP contribution in [0.4, 0.5) is 0 Å². The van der Waals surface area contributed by atoms with Gasteiger partial charge in [0.15, 0.2) is 0 Å². The van der Waals surface area contributed by atoms with Gasteiger partial charge in [0.05, 0.1) is 6.54 Å². The SMILES string of the molecule is O=C(O)CN(C(=O)CNC1CC1)C1CC1. The Balaban J connectivity index is 1.79. The van der Waals surface area contributed by atoms with E-state index in [1.54, 1.807) is 0 Å². The molecule has 0 saturated heterocycles. The van der Waals surface area contributed by atoms with Crippen LogP contribution in [-0.2, 0) is 9.59 Å². The molecule has 2 rings (SSSR count). The topological polar surface area (TPSA) is 69.6 Å². The number of carbonyl (C=O) groups is 2. The van der Waals surface area contributed by atoms with Gasteiger partial charge in [0.1, 0.15) is 6.54 Å². The fourth-order valence-corrected chi connectivity index (χ4v) is 1.57. The largest absolute Gasteiger partial charge is 0.480 e. The first-order chi connectivity index (χ1) is 7.16. The third-order valence-electron chi connectivity index (χ3n) is 2.73. The summed E-state index contributed by atoms with van der Waals surface area (Å²) in [7, 11) is 0. The molecule has 2 fully saturated rings. The molecule has 2 aliphatic carbocycles. The van der Waals surface area contributed by atoms with E-state index in [2.05, 4.69) is 5.32 Å². The summed E-state index contributed by atoms with van der Waals surface area (Å²) in [6.07, 6.45) is 4.16. The lowest BCUT2D eigenvalue weighted by molar-refractivity contribution is -0.144. The van der Waals surface area contributed by atoms with Crippen molar-refractivity contribution in [1.29, 1.82) is 0 Å². The van der Waals surface area contributed by atoms with Crippen LogP contribution in [0.15, 0.2) is 0 Å². The van der Waals surface area contributed by atoms with E-state index in [1.807, 2.05) is 0 Å². The van der Waals surface area contributed by atoms with Gasteiger partial charge in [-0.05, 0) is 25.7 Å². The van der Waals surface area contributed by atoms with E-state index in [-0.39, 0.29) is 25.0 Å². The Morgan fingerprint density at radius 3 is 2.40 bits per heavy atom. The standard InChI is InChI=1S/C10H16N2O3/c13-9(5-11-7-1-2-7)12(6-10(14)15)8-3-4-8/h7-8,11H,1-6H2,(H,14,15). The van der Waals surface area contributed by atoms with E-state index in [1.165, 1.54) is 4.90 Å². The maximum atomic E-state index is 11.7. The number of nitrogens with zero attached hydrogens (tertiary/aromatic N) is 1. The fraction of sp³-hybridized carbons (Fsp3) is 0.800. The van der Waals surface area contributed by atoms with E-state index in [9.17, 15) is 9.59 Å². The Kier molecular flexibility index (Phi) is 2.90. The molecule has 5 heteroatoms. The second-order valence-electron chi connectivity index (χ2n) is 4.30. The van der Waals surface area contributed by atoms with Crippen molar-refractivity contribution in [3.8, 4) is 0 Å². The van der Waals surface area contributed by atoms with Crippen LogP contribution in [0, 0.1) is 0 Å². The third kappa shape index (κ3) is 3.20. The Morgan fingerprint density at radius 2 is 1.93 bits per heavy atom. The number of carboxylic acid groups (broad SMARTS) is 1. The van der Waals surface area contributed by atoms with Crippen molar-refractivity contribution in [2.75, 3.05) is 13.1 Å². The number of rotatable bonds is 6. The van der Waals surface area contributed by atoms with Gasteiger partial charge in [-0.2, -0.15) is 0 Å². The summed E-state index contributed by atoms with van der Waals surface area (Å²) in [5.74, 6) is -1.01. The lowest BCUT2D eigenvalue weighted by Crippen LogP contribution is -2.42. The number of carboxylic acids is 1. The molecular formula is C10H16N2O3. The van der Waals surface area contributed by atoms with Crippen molar-refractivity contribution >= 4 is 11.9 Å². The Hall–Kier alpha value is -1.10. The van der Waals surface area contributed by atoms with Crippen LogP contribution in [0.25, 0.3) is 0 Å². The van der Waals surface area contributed by atoms with Crippen LogP contribution in [0.5, 0.6) is 0 Å². The van der Waals surface area contributed by atoms with E-state index in [0.29, 0.717) is 6.04 Å². The third-order valence-corrected chi connectivity index (χ3v) is 2.73. The van der Waals surface area contributed by atoms with E-state index < -0.39 is 5.97 Å². The van der Waals surface area contributed by atoms with Gasteiger partial charge in [-0.1, -0.05) is 0 Å². The molecule has 2 N–H and O–H groups in total. The summed E-state index contributed by atoms with van der Waals surface area (Å²) in [4.78, 5) is 23.8. The first kappa shape index (κ1) is 10.4. The van der Waals surface area contributed by atoms with Crippen molar-refractivity contribution in [3.63, 3.8) is 0 Å². The smallest absolute Gasteiger partial charge is 0.323 e. The highest BCUT2D eigenvalue weighted by molar-refractivity contribution is 5.83. The Labute approximate surface area is 88.4 Å². The summed E-state index contributed by atoms with van der Waals surface area (Å²) in [6.45, 7) is 0.129. The monoisotopic (exact) mass is 212 g/mol. The van der Waals surface area contributed by atoms with E-state index >= 15 is 0 Å². The molecule has 0 aromatic heterocycles. The molecule has 84 valence electrons. The minimum absolute atomic E-state index is 0.0770. The van der Waals surface area contributed by atoms with Crippen LogP contribution >= 0.6 is 0 Å². The minimum atomic E-state index is -0.929. The molecule has 0 aromatic carbocycles. The van der Waals surface area contributed by atoms with Crippen LogP contribution in [-0.4, -0.2) is 47.1 Å². The van der Waals surface area contributed by atoms with Crippen molar-refractivity contribution in [2.45, 2.75) is 37.8 Å². The summed E-state index contributed by atoms with van der Waals surface area (Å²) >= 11 is 0. The van der Waals surface area contributed by atoms with E-state index in [4.69, 9.17) is 5.11 Å². The number of nitrogens with one attached hydrogen (secondary N) is 1. The number of aliphatic carboxylic acids is 1. The van der Waals surface area contributed by atoms with Crippen molar-refractivity contribution in [2.24, 2.45) is 0 Å². The lowest BCUT2D eigenvalue weighted by atomic mass is 10.4. The second-order valence-corrected chi connectivity index (χ2v) is 4.30. The van der Waals surface area contributed by atoms with Crippen LogP contribution in [0.3, 0.4) is 0 Å². The van der Waals surface area contributed by atoms with Gasteiger partial charge in [-0.3, -0.25) is 9.59 Å². The maximum absolute atomic E-state index is 11.7. The summed E-state index contributed by atoms with van der Waals surface area (Å²) < 4.78 is 0. The zero-order valence-electron chi connectivity index (χ0n) is 8.61. The van der Waals surface area contributed by atoms with Crippen LogP contribution in [0.2, 0.25) is 0 Å². The molecule has 0 spiro atoms. The first-order valence-electron chi connectivity index (χ1n) is 5.41. The molecule has 1 amide bonds. The highest BCUT2D eigenvalue weighted by atomic mass is 16.4. The molecule has 5 nitrogen and oxygen atoms in total.